The molecule has 0 aromatic carbocycles. The fourth-order valence-corrected chi connectivity index (χ4v) is 1.61. The number of carbonyl (C=O) groups excluding carboxylic acids is 1. The summed E-state index contributed by atoms with van der Waals surface area (Å²) >= 11 is 0. The Morgan fingerprint density at radius 2 is 1.53 bits per heavy atom. The van der Waals surface area contributed by atoms with Gasteiger partial charge in [-0.3, -0.25) is 4.79 Å². The summed E-state index contributed by atoms with van der Waals surface area (Å²) in [6.45, 7) is 11.0. The summed E-state index contributed by atoms with van der Waals surface area (Å²) in [6, 6.07) is -0.289. The van der Waals surface area contributed by atoms with E-state index in [2.05, 4.69) is 31.4 Å². The molecule has 112 valence electrons. The summed E-state index contributed by atoms with van der Waals surface area (Å²) in [5.41, 5.74) is 0. The molecule has 0 saturated carbocycles. The molecule has 0 aromatic rings. The van der Waals surface area contributed by atoms with Crippen molar-refractivity contribution in [3.05, 3.63) is 0 Å². The number of amides is 2. The van der Waals surface area contributed by atoms with Crippen LogP contribution in [0.1, 0.15) is 41.0 Å². The zero-order valence-corrected chi connectivity index (χ0v) is 12.7. The summed E-state index contributed by atoms with van der Waals surface area (Å²) in [5, 5.41) is 14.5. The van der Waals surface area contributed by atoms with Crippen LogP contribution in [0.25, 0.3) is 0 Å². The van der Waals surface area contributed by atoms with Crippen molar-refractivity contribution in [3.8, 4) is 0 Å². The molecule has 0 rings (SSSR count). The maximum atomic E-state index is 11.6. The van der Waals surface area contributed by atoms with Crippen LogP contribution in [0.15, 0.2) is 0 Å². The van der Waals surface area contributed by atoms with E-state index in [4.69, 9.17) is 5.11 Å². The van der Waals surface area contributed by atoms with Crippen molar-refractivity contribution >= 4 is 12.0 Å². The molecular formula is C14H28N2O3. The molecule has 2 amide bonds. The number of hydrogen-bond donors (Lipinski definition) is 3. The number of carboxylic acid groups (broad SMARTS) is 1. The molecule has 5 nitrogen and oxygen atoms in total. The lowest BCUT2D eigenvalue weighted by Gasteiger charge is -2.18. The quantitative estimate of drug-likeness (QED) is 0.634. The van der Waals surface area contributed by atoms with Gasteiger partial charge in [-0.1, -0.05) is 34.6 Å². The maximum Gasteiger partial charge on any atom is 0.314 e. The molecule has 0 aromatic heterocycles. The van der Waals surface area contributed by atoms with Gasteiger partial charge < -0.3 is 15.7 Å². The average molecular weight is 272 g/mol. The van der Waals surface area contributed by atoms with Gasteiger partial charge in [0.05, 0.1) is 5.92 Å². The van der Waals surface area contributed by atoms with E-state index in [0.717, 1.165) is 0 Å². The normalized spacial score (nSPS) is 14.3. The Morgan fingerprint density at radius 3 is 1.95 bits per heavy atom. The van der Waals surface area contributed by atoms with Crippen molar-refractivity contribution < 1.29 is 14.7 Å². The third kappa shape index (κ3) is 8.46. The van der Waals surface area contributed by atoms with Gasteiger partial charge in [0.1, 0.15) is 0 Å². The lowest BCUT2D eigenvalue weighted by molar-refractivity contribution is -0.142. The van der Waals surface area contributed by atoms with E-state index < -0.39 is 11.9 Å². The van der Waals surface area contributed by atoms with Crippen molar-refractivity contribution in [3.63, 3.8) is 0 Å². The van der Waals surface area contributed by atoms with Gasteiger partial charge in [-0.25, -0.2) is 4.79 Å². The third-order valence-corrected chi connectivity index (χ3v) is 3.34. The van der Waals surface area contributed by atoms with E-state index in [1.165, 1.54) is 0 Å². The van der Waals surface area contributed by atoms with Gasteiger partial charge in [0, 0.05) is 13.1 Å². The van der Waals surface area contributed by atoms with Crippen LogP contribution in [0.5, 0.6) is 0 Å². The Hall–Kier alpha value is -1.26. The first-order valence-corrected chi connectivity index (χ1v) is 6.98. The Kier molecular flexibility index (Phi) is 8.19. The van der Waals surface area contributed by atoms with Gasteiger partial charge in [0.2, 0.25) is 0 Å². The smallest absolute Gasteiger partial charge is 0.314 e. The first-order chi connectivity index (χ1) is 8.73. The topological polar surface area (TPSA) is 78.4 Å². The summed E-state index contributed by atoms with van der Waals surface area (Å²) in [4.78, 5) is 22.6. The zero-order valence-electron chi connectivity index (χ0n) is 12.7. The predicted molar refractivity (Wildman–Crippen MR) is 76.0 cm³/mol. The minimum atomic E-state index is -0.857. The molecule has 5 heteroatoms. The molecule has 0 bridgehead atoms. The molecular weight excluding hydrogens is 244 g/mol. The van der Waals surface area contributed by atoms with Crippen molar-refractivity contribution in [2.75, 3.05) is 13.1 Å². The van der Waals surface area contributed by atoms with Crippen LogP contribution in [-0.2, 0) is 4.79 Å². The van der Waals surface area contributed by atoms with Crippen molar-refractivity contribution in [2.45, 2.75) is 41.0 Å². The lowest BCUT2D eigenvalue weighted by Crippen LogP contribution is -2.42. The van der Waals surface area contributed by atoms with E-state index >= 15 is 0 Å². The molecule has 0 radical (unpaired) electrons. The van der Waals surface area contributed by atoms with Crippen LogP contribution in [0.3, 0.4) is 0 Å². The Morgan fingerprint density at radius 1 is 1.00 bits per heavy atom. The van der Waals surface area contributed by atoms with Gasteiger partial charge in [0.25, 0.3) is 0 Å². The molecule has 0 heterocycles. The van der Waals surface area contributed by atoms with Gasteiger partial charge in [-0.05, 0) is 24.2 Å². The molecule has 19 heavy (non-hydrogen) atoms. The first-order valence-electron chi connectivity index (χ1n) is 6.98. The molecule has 0 aliphatic heterocycles. The summed E-state index contributed by atoms with van der Waals surface area (Å²) in [5.74, 6) is -0.172. The third-order valence-electron chi connectivity index (χ3n) is 3.34. The Bertz CT molecular complexity index is 290. The number of rotatable bonds is 8. The van der Waals surface area contributed by atoms with Crippen LogP contribution in [0.2, 0.25) is 0 Å². The molecule has 0 aliphatic rings. The number of carbonyl (C=O) groups is 2. The highest BCUT2D eigenvalue weighted by molar-refractivity contribution is 5.75. The molecule has 3 N–H and O–H groups in total. The second-order valence-electron chi connectivity index (χ2n) is 5.98. The average Bonchev–Trinajstić information content (AvgIpc) is 2.30. The second kappa shape index (κ2) is 8.77. The van der Waals surface area contributed by atoms with Crippen LogP contribution in [0, 0.1) is 23.7 Å². The van der Waals surface area contributed by atoms with Gasteiger partial charge in [0.15, 0.2) is 0 Å². The summed E-state index contributed by atoms with van der Waals surface area (Å²) in [7, 11) is 0. The molecule has 2 unspecified atom stereocenters. The summed E-state index contributed by atoms with van der Waals surface area (Å²) in [6.07, 6.45) is 0.567. The van der Waals surface area contributed by atoms with Crippen LogP contribution < -0.4 is 10.6 Å². The molecule has 2 atom stereocenters. The van der Waals surface area contributed by atoms with Crippen LogP contribution in [0.4, 0.5) is 4.79 Å². The lowest BCUT2D eigenvalue weighted by atomic mass is 9.97. The number of aliphatic carboxylic acids is 1. The van der Waals surface area contributed by atoms with E-state index in [1.54, 1.807) is 0 Å². The van der Waals surface area contributed by atoms with E-state index in [9.17, 15) is 9.59 Å². The summed E-state index contributed by atoms with van der Waals surface area (Å²) < 4.78 is 0. The molecule has 0 aliphatic carbocycles. The zero-order chi connectivity index (χ0) is 15.0. The molecule has 0 fully saturated rings. The molecule has 0 spiro atoms. The van der Waals surface area contributed by atoms with E-state index in [-0.39, 0.29) is 12.6 Å². The van der Waals surface area contributed by atoms with E-state index in [0.29, 0.717) is 30.7 Å². The SMILES string of the molecule is CC(C)CC(CNC(=O)NCC(C)C(C)C)C(=O)O. The largest absolute Gasteiger partial charge is 0.481 e. The van der Waals surface area contributed by atoms with Gasteiger partial charge in [-0.2, -0.15) is 0 Å². The monoisotopic (exact) mass is 272 g/mol. The number of urea groups is 1. The number of hydrogen-bond acceptors (Lipinski definition) is 2. The highest BCUT2D eigenvalue weighted by atomic mass is 16.4. The minimum Gasteiger partial charge on any atom is -0.481 e. The first kappa shape index (κ1) is 17.7. The van der Waals surface area contributed by atoms with Crippen LogP contribution in [-0.4, -0.2) is 30.2 Å². The van der Waals surface area contributed by atoms with Crippen molar-refractivity contribution in [1.82, 2.24) is 10.6 Å². The van der Waals surface area contributed by atoms with Crippen molar-refractivity contribution in [2.24, 2.45) is 23.7 Å². The highest BCUT2D eigenvalue weighted by Crippen LogP contribution is 2.11. The predicted octanol–water partition coefficient (Wildman–Crippen LogP) is 2.32. The van der Waals surface area contributed by atoms with Crippen molar-refractivity contribution in [1.29, 1.82) is 0 Å². The minimum absolute atomic E-state index is 0.176. The fourth-order valence-electron chi connectivity index (χ4n) is 1.61. The highest BCUT2D eigenvalue weighted by Gasteiger charge is 2.19. The maximum absolute atomic E-state index is 11.6. The van der Waals surface area contributed by atoms with Gasteiger partial charge >= 0.3 is 12.0 Å². The molecule has 0 saturated heterocycles. The van der Waals surface area contributed by atoms with E-state index in [1.807, 2.05) is 13.8 Å². The number of carboxylic acids is 1. The van der Waals surface area contributed by atoms with Gasteiger partial charge in [-0.15, -0.1) is 0 Å². The Balaban J connectivity index is 4.02. The standard InChI is InChI=1S/C14H28N2O3/c1-9(2)6-12(13(17)18)8-16-14(19)15-7-11(5)10(3)4/h9-12H,6-8H2,1-5H3,(H,17,18)(H2,15,16,19). The van der Waals surface area contributed by atoms with Crippen LogP contribution >= 0.6 is 0 Å². The fraction of sp³-hybridized carbons (Fsp3) is 0.857. The number of nitrogens with one attached hydrogen (secondary N) is 2. The Labute approximate surface area is 116 Å². The second-order valence-corrected chi connectivity index (χ2v) is 5.98.